The van der Waals surface area contributed by atoms with Crippen LogP contribution in [0.4, 0.5) is 0 Å². The van der Waals surface area contributed by atoms with Gasteiger partial charge >= 0.3 is 13.7 Å². The first-order valence-corrected chi connectivity index (χ1v) is 10.7. The number of rotatable bonds is 11. The Hall–Kier alpha value is -1.57. The number of ketones is 1. The smallest absolute Gasteiger partial charge is 0.406 e. The molecule has 0 aliphatic carbocycles. The lowest BCUT2D eigenvalue weighted by molar-refractivity contribution is -0.145. The summed E-state index contributed by atoms with van der Waals surface area (Å²) < 4.78 is 29.1. The van der Waals surface area contributed by atoms with Crippen LogP contribution in [-0.2, 0) is 27.9 Å². The molecule has 0 fully saturated rings. The van der Waals surface area contributed by atoms with E-state index in [1.165, 1.54) is 14.0 Å². The molecule has 1 rings (SSSR count). The normalized spacial score (nSPS) is 15.3. The molecule has 158 valence electrons. The molecule has 1 aromatic carbocycles. The molecule has 0 bridgehead atoms. The second kappa shape index (κ2) is 10.8. The highest BCUT2D eigenvalue weighted by Gasteiger charge is 2.43. The first-order chi connectivity index (χ1) is 13.0. The van der Waals surface area contributed by atoms with Crippen LogP contribution in [0.2, 0.25) is 0 Å². The van der Waals surface area contributed by atoms with Crippen molar-refractivity contribution in [3.63, 3.8) is 0 Å². The molecule has 0 saturated carbocycles. The van der Waals surface area contributed by atoms with Crippen molar-refractivity contribution in [3.05, 3.63) is 35.9 Å². The minimum atomic E-state index is -3.94. The monoisotopic (exact) mass is 414 g/mol. The molecule has 0 radical (unpaired) electrons. The predicted octanol–water partition coefficient (Wildman–Crippen LogP) is 2.78. The first kappa shape index (κ1) is 24.5. The molecule has 0 heterocycles. The van der Waals surface area contributed by atoms with Crippen molar-refractivity contribution < 1.29 is 27.9 Å². The fourth-order valence-electron chi connectivity index (χ4n) is 2.67. The Bertz CT molecular complexity index is 679. The second-order valence-electron chi connectivity index (χ2n) is 7.02. The highest BCUT2D eigenvalue weighted by Crippen LogP contribution is 2.48. The Morgan fingerprint density at radius 1 is 1.00 bits per heavy atom. The molecular formula is C19H31N2O6P. The van der Waals surface area contributed by atoms with E-state index in [4.69, 9.17) is 19.5 Å². The van der Waals surface area contributed by atoms with Crippen LogP contribution in [0, 0.1) is 0 Å². The molecule has 3 N–H and O–H groups in total. The number of nitrogens with one attached hydrogen (secondary N) is 1. The van der Waals surface area contributed by atoms with Gasteiger partial charge in [0.25, 0.3) is 0 Å². The zero-order valence-corrected chi connectivity index (χ0v) is 18.1. The van der Waals surface area contributed by atoms with Crippen LogP contribution >= 0.6 is 7.75 Å². The number of Topliss-reactive ketones (excluding diaryl/α,β-unsaturated/α-hetero) is 1. The molecule has 9 heteroatoms. The van der Waals surface area contributed by atoms with Crippen LogP contribution < -0.4 is 10.8 Å². The Morgan fingerprint density at radius 3 is 1.89 bits per heavy atom. The molecule has 8 nitrogen and oxygen atoms in total. The standard InChI is InChI=1S/C19H31N2O6P/c1-12(2)26-28(24,27-13(3)4)21-17(19(23)25-6)16(18(22)14(5)20)15-10-8-7-9-11-15/h7-14,16-17H,20H2,1-6H3,(H,21,24)/t14-,16?,17-/m0/s1. The van der Waals surface area contributed by atoms with Crippen molar-refractivity contribution in [3.8, 4) is 0 Å². The molecule has 28 heavy (non-hydrogen) atoms. The topological polar surface area (TPSA) is 117 Å². The number of carbonyl (C=O) groups is 2. The van der Waals surface area contributed by atoms with Gasteiger partial charge in [-0.05, 0) is 40.2 Å². The summed E-state index contributed by atoms with van der Waals surface area (Å²) in [6.45, 7) is 8.28. The summed E-state index contributed by atoms with van der Waals surface area (Å²) in [5.41, 5.74) is 6.35. The molecule has 0 saturated heterocycles. The van der Waals surface area contributed by atoms with Gasteiger partial charge in [0.15, 0.2) is 5.78 Å². The summed E-state index contributed by atoms with van der Waals surface area (Å²) in [6, 6.07) is 6.48. The number of carbonyl (C=O) groups excluding carboxylic acids is 2. The van der Waals surface area contributed by atoms with Crippen molar-refractivity contribution in [1.82, 2.24) is 5.09 Å². The summed E-state index contributed by atoms with van der Waals surface area (Å²) >= 11 is 0. The molecule has 0 aliphatic rings. The highest BCUT2D eigenvalue weighted by molar-refractivity contribution is 7.51. The largest absolute Gasteiger partial charge is 0.468 e. The number of esters is 1. The summed E-state index contributed by atoms with van der Waals surface area (Å²) in [5.74, 6) is -2.22. The van der Waals surface area contributed by atoms with E-state index in [0.717, 1.165) is 0 Å². The third kappa shape index (κ3) is 7.11. The van der Waals surface area contributed by atoms with Gasteiger partial charge in [0.1, 0.15) is 6.04 Å². The molecule has 0 aromatic heterocycles. The number of ether oxygens (including phenoxy) is 1. The number of hydrogen-bond donors (Lipinski definition) is 2. The summed E-state index contributed by atoms with van der Waals surface area (Å²) in [5, 5.41) is 2.64. The van der Waals surface area contributed by atoms with Gasteiger partial charge in [0.05, 0.1) is 31.3 Å². The van der Waals surface area contributed by atoms with Crippen LogP contribution in [0.5, 0.6) is 0 Å². The van der Waals surface area contributed by atoms with Gasteiger partial charge in [-0.15, -0.1) is 0 Å². The average Bonchev–Trinajstić information content (AvgIpc) is 2.59. The fourth-order valence-corrected chi connectivity index (χ4v) is 4.54. The lowest BCUT2D eigenvalue weighted by atomic mass is 9.85. The van der Waals surface area contributed by atoms with Gasteiger partial charge in [-0.25, -0.2) is 9.65 Å². The Morgan fingerprint density at radius 2 is 1.50 bits per heavy atom. The van der Waals surface area contributed by atoms with Crippen LogP contribution in [0.15, 0.2) is 30.3 Å². The molecule has 3 atom stereocenters. The molecule has 1 unspecified atom stereocenters. The average molecular weight is 414 g/mol. The number of benzene rings is 1. The van der Waals surface area contributed by atoms with Crippen molar-refractivity contribution in [1.29, 1.82) is 0 Å². The van der Waals surface area contributed by atoms with Crippen molar-refractivity contribution in [2.75, 3.05) is 7.11 Å². The van der Waals surface area contributed by atoms with E-state index in [0.29, 0.717) is 5.56 Å². The van der Waals surface area contributed by atoms with E-state index >= 15 is 0 Å². The fraction of sp³-hybridized carbons (Fsp3) is 0.579. The van der Waals surface area contributed by atoms with Gasteiger partial charge in [0, 0.05) is 0 Å². The lowest BCUT2D eigenvalue weighted by Gasteiger charge is -2.31. The highest BCUT2D eigenvalue weighted by atomic mass is 31.2. The Kier molecular flexibility index (Phi) is 9.47. The second-order valence-corrected chi connectivity index (χ2v) is 8.69. The van der Waals surface area contributed by atoms with E-state index in [9.17, 15) is 14.2 Å². The van der Waals surface area contributed by atoms with Gasteiger partial charge in [0.2, 0.25) is 0 Å². The van der Waals surface area contributed by atoms with E-state index in [-0.39, 0.29) is 0 Å². The zero-order valence-electron chi connectivity index (χ0n) is 17.2. The Labute approximate surface area is 166 Å². The lowest BCUT2D eigenvalue weighted by Crippen LogP contribution is -2.48. The Balaban J connectivity index is 3.44. The van der Waals surface area contributed by atoms with E-state index < -0.39 is 49.7 Å². The SMILES string of the molecule is COC(=O)[C@@H](NP(=O)(OC(C)C)OC(C)C)C(C(=O)[C@H](C)N)c1ccccc1. The van der Waals surface area contributed by atoms with E-state index in [2.05, 4.69) is 5.09 Å². The number of nitrogens with two attached hydrogens (primary N) is 1. The van der Waals surface area contributed by atoms with Gasteiger partial charge in [-0.2, -0.15) is 0 Å². The van der Waals surface area contributed by atoms with Gasteiger partial charge in [-0.1, -0.05) is 30.3 Å². The summed E-state index contributed by atoms with van der Waals surface area (Å²) in [7, 11) is -2.76. The van der Waals surface area contributed by atoms with Crippen molar-refractivity contribution in [2.24, 2.45) is 5.73 Å². The van der Waals surface area contributed by atoms with Crippen LogP contribution in [-0.4, -0.2) is 43.2 Å². The third-order valence-electron chi connectivity index (χ3n) is 3.70. The van der Waals surface area contributed by atoms with Gasteiger partial charge in [-0.3, -0.25) is 18.6 Å². The molecule has 1 aromatic rings. The van der Waals surface area contributed by atoms with Crippen molar-refractivity contribution >= 4 is 19.5 Å². The molecule has 0 amide bonds. The maximum Gasteiger partial charge on any atom is 0.406 e. The predicted molar refractivity (Wildman–Crippen MR) is 107 cm³/mol. The number of hydrogen-bond acceptors (Lipinski definition) is 7. The minimum absolute atomic E-state index is 0.408. The maximum atomic E-state index is 13.3. The maximum absolute atomic E-state index is 13.3. The zero-order chi connectivity index (χ0) is 21.5. The van der Waals surface area contributed by atoms with Crippen LogP contribution in [0.25, 0.3) is 0 Å². The van der Waals surface area contributed by atoms with E-state index in [1.54, 1.807) is 58.0 Å². The van der Waals surface area contributed by atoms with Crippen LogP contribution in [0.1, 0.15) is 46.1 Å². The van der Waals surface area contributed by atoms with E-state index in [1.807, 2.05) is 0 Å². The van der Waals surface area contributed by atoms with Gasteiger partial charge < -0.3 is 10.5 Å². The number of methoxy groups -OCH3 is 1. The summed E-state index contributed by atoms with van der Waals surface area (Å²) in [6.07, 6.45) is -0.899. The minimum Gasteiger partial charge on any atom is -0.468 e. The molecular weight excluding hydrogens is 383 g/mol. The molecule has 0 spiro atoms. The quantitative estimate of drug-likeness (QED) is 0.419. The molecule has 0 aliphatic heterocycles. The first-order valence-electron chi connectivity index (χ1n) is 9.17. The summed E-state index contributed by atoms with van der Waals surface area (Å²) in [4.78, 5) is 25.5. The van der Waals surface area contributed by atoms with Crippen molar-refractivity contribution in [2.45, 2.75) is 64.8 Å². The third-order valence-corrected chi connectivity index (χ3v) is 5.69. The van der Waals surface area contributed by atoms with Crippen LogP contribution in [0.3, 0.4) is 0 Å².